The summed E-state index contributed by atoms with van der Waals surface area (Å²) in [6.45, 7) is 4.42. The molecule has 0 fully saturated rings. The molecule has 20 heavy (non-hydrogen) atoms. The number of hydrogen-bond donors (Lipinski definition) is 1. The van der Waals surface area contributed by atoms with Crippen LogP contribution in [0.5, 0.6) is 0 Å². The molecular weight excluding hydrogens is 244 g/mol. The van der Waals surface area contributed by atoms with Gasteiger partial charge in [-0.25, -0.2) is 0 Å². The number of rotatable bonds is 11. The Morgan fingerprint density at radius 2 is 1.70 bits per heavy atom. The minimum absolute atomic E-state index is 0.269. The molecule has 0 aliphatic heterocycles. The van der Waals surface area contributed by atoms with Gasteiger partial charge in [0.05, 0.1) is 0 Å². The highest BCUT2D eigenvalue weighted by Crippen LogP contribution is 2.11. The number of aromatic nitrogens is 1. The Hall–Kier alpha value is -0.890. The highest BCUT2D eigenvalue weighted by Gasteiger charge is 2.05. The van der Waals surface area contributed by atoms with E-state index in [0.29, 0.717) is 0 Å². The lowest BCUT2D eigenvalue weighted by atomic mass is 10.0. The van der Waals surface area contributed by atoms with Crippen molar-refractivity contribution in [1.29, 1.82) is 0 Å². The van der Waals surface area contributed by atoms with E-state index in [0.717, 1.165) is 25.0 Å². The van der Waals surface area contributed by atoms with E-state index in [-0.39, 0.29) is 6.04 Å². The number of aryl methyl sites for hydroxylation is 1. The third-order valence-electron chi connectivity index (χ3n) is 3.94. The Balaban J connectivity index is 2.08. The predicted octanol–water partition coefficient (Wildman–Crippen LogP) is 4.65. The zero-order chi connectivity index (χ0) is 14.6. The van der Waals surface area contributed by atoms with E-state index in [1.54, 1.807) is 0 Å². The normalized spacial score (nSPS) is 12.6. The Bertz CT molecular complexity index is 332. The Labute approximate surface area is 125 Å². The highest BCUT2D eigenvalue weighted by molar-refractivity contribution is 5.14. The minimum atomic E-state index is 0.269. The number of unbranched alkanes of at least 4 members (excludes halogenated alkanes) is 6. The van der Waals surface area contributed by atoms with Crippen LogP contribution in [0, 0.1) is 0 Å². The van der Waals surface area contributed by atoms with Crippen molar-refractivity contribution < 1.29 is 0 Å². The van der Waals surface area contributed by atoms with Crippen molar-refractivity contribution in [3.8, 4) is 0 Å². The van der Waals surface area contributed by atoms with Gasteiger partial charge in [0, 0.05) is 24.4 Å². The van der Waals surface area contributed by atoms with Gasteiger partial charge in [-0.3, -0.25) is 4.98 Å². The van der Waals surface area contributed by atoms with Crippen molar-refractivity contribution in [1.82, 2.24) is 4.98 Å². The first-order valence-corrected chi connectivity index (χ1v) is 8.45. The smallest absolute Gasteiger partial charge is 0.0419 e. The van der Waals surface area contributed by atoms with Crippen molar-refractivity contribution in [2.45, 2.75) is 84.1 Å². The van der Waals surface area contributed by atoms with Gasteiger partial charge in [-0.2, -0.15) is 0 Å². The summed E-state index contributed by atoms with van der Waals surface area (Å²) in [4.78, 5) is 4.49. The average molecular weight is 276 g/mol. The quantitative estimate of drug-likeness (QED) is 0.597. The summed E-state index contributed by atoms with van der Waals surface area (Å²) in [7, 11) is 0. The second-order valence-electron chi connectivity index (χ2n) is 5.89. The number of hydrogen-bond acceptors (Lipinski definition) is 2. The van der Waals surface area contributed by atoms with E-state index >= 15 is 0 Å². The van der Waals surface area contributed by atoms with Gasteiger partial charge < -0.3 is 5.73 Å². The number of nitrogens with zero attached hydrogens (tertiary/aromatic N) is 1. The highest BCUT2D eigenvalue weighted by atomic mass is 14.7. The third-order valence-corrected chi connectivity index (χ3v) is 3.94. The molecule has 0 bridgehead atoms. The molecule has 0 saturated heterocycles. The van der Waals surface area contributed by atoms with Crippen LogP contribution in [-0.4, -0.2) is 11.0 Å². The molecule has 0 aliphatic rings. The number of pyridine rings is 1. The molecule has 0 aliphatic carbocycles. The average Bonchev–Trinajstić information content (AvgIpc) is 2.47. The first kappa shape index (κ1) is 17.2. The van der Waals surface area contributed by atoms with Crippen LogP contribution in [0.2, 0.25) is 0 Å². The summed E-state index contributed by atoms with van der Waals surface area (Å²) in [6, 6.07) is 4.57. The summed E-state index contributed by atoms with van der Waals surface area (Å²) < 4.78 is 0. The molecule has 1 unspecified atom stereocenters. The predicted molar refractivity (Wildman–Crippen MR) is 87.9 cm³/mol. The van der Waals surface area contributed by atoms with E-state index < -0.39 is 0 Å². The molecule has 1 atom stereocenters. The van der Waals surface area contributed by atoms with Crippen molar-refractivity contribution >= 4 is 0 Å². The van der Waals surface area contributed by atoms with Gasteiger partial charge >= 0.3 is 0 Å². The van der Waals surface area contributed by atoms with Crippen molar-refractivity contribution in [2.24, 2.45) is 5.73 Å². The molecule has 0 spiro atoms. The Kier molecular flexibility index (Phi) is 9.31. The van der Waals surface area contributed by atoms with Crippen LogP contribution in [0.1, 0.15) is 76.5 Å². The van der Waals surface area contributed by atoms with Gasteiger partial charge in [-0.05, 0) is 24.5 Å². The van der Waals surface area contributed by atoms with Gasteiger partial charge in [0.1, 0.15) is 0 Å². The van der Waals surface area contributed by atoms with Gasteiger partial charge in [0.15, 0.2) is 0 Å². The van der Waals surface area contributed by atoms with Gasteiger partial charge in [-0.15, -0.1) is 0 Å². The van der Waals surface area contributed by atoms with Gasteiger partial charge in [-0.1, -0.05) is 64.9 Å². The van der Waals surface area contributed by atoms with Crippen molar-refractivity contribution in [2.75, 3.05) is 0 Å². The minimum Gasteiger partial charge on any atom is -0.327 e. The molecule has 2 nitrogen and oxygen atoms in total. The fraction of sp³-hybridized carbons (Fsp3) is 0.722. The lowest BCUT2D eigenvalue weighted by Crippen LogP contribution is -2.23. The third kappa shape index (κ3) is 7.64. The molecule has 0 radical (unpaired) electrons. The molecular formula is C18H32N2. The van der Waals surface area contributed by atoms with Crippen LogP contribution >= 0.6 is 0 Å². The zero-order valence-corrected chi connectivity index (χ0v) is 13.4. The van der Waals surface area contributed by atoms with E-state index in [9.17, 15) is 0 Å². The molecule has 0 aromatic carbocycles. The maximum absolute atomic E-state index is 6.20. The second kappa shape index (κ2) is 10.8. The van der Waals surface area contributed by atoms with E-state index in [1.807, 2.05) is 6.20 Å². The molecule has 2 N–H and O–H groups in total. The molecule has 1 aromatic rings. The Morgan fingerprint density at radius 1 is 1.00 bits per heavy atom. The molecule has 0 saturated carbocycles. The zero-order valence-electron chi connectivity index (χ0n) is 13.4. The van der Waals surface area contributed by atoms with Crippen molar-refractivity contribution in [3.63, 3.8) is 0 Å². The summed E-state index contributed by atoms with van der Waals surface area (Å²) >= 11 is 0. The van der Waals surface area contributed by atoms with Crippen LogP contribution < -0.4 is 5.73 Å². The maximum atomic E-state index is 6.20. The fourth-order valence-corrected chi connectivity index (χ4v) is 2.52. The summed E-state index contributed by atoms with van der Waals surface area (Å²) in [5, 5.41) is 0. The first-order chi connectivity index (χ1) is 9.76. The Morgan fingerprint density at radius 3 is 2.30 bits per heavy atom. The summed E-state index contributed by atoms with van der Waals surface area (Å²) in [5.74, 6) is 0. The van der Waals surface area contributed by atoms with Crippen LogP contribution in [0.4, 0.5) is 0 Å². The summed E-state index contributed by atoms with van der Waals surface area (Å²) in [6.07, 6.45) is 14.6. The molecule has 1 aromatic heterocycles. The second-order valence-corrected chi connectivity index (χ2v) is 5.89. The molecule has 2 heteroatoms. The van der Waals surface area contributed by atoms with Gasteiger partial charge in [0.25, 0.3) is 0 Å². The van der Waals surface area contributed by atoms with E-state index in [1.165, 1.54) is 50.5 Å². The topological polar surface area (TPSA) is 38.9 Å². The van der Waals surface area contributed by atoms with Crippen LogP contribution in [0.15, 0.2) is 18.3 Å². The number of nitrogens with two attached hydrogens (primary N) is 1. The first-order valence-electron chi connectivity index (χ1n) is 8.45. The van der Waals surface area contributed by atoms with Crippen LogP contribution in [-0.2, 0) is 12.8 Å². The molecule has 114 valence electrons. The van der Waals surface area contributed by atoms with Crippen molar-refractivity contribution in [3.05, 3.63) is 29.6 Å². The lowest BCUT2D eigenvalue weighted by molar-refractivity contribution is 0.525. The fourth-order valence-electron chi connectivity index (χ4n) is 2.52. The van der Waals surface area contributed by atoms with Gasteiger partial charge in [0.2, 0.25) is 0 Å². The van der Waals surface area contributed by atoms with Crippen LogP contribution in [0.3, 0.4) is 0 Å². The lowest BCUT2D eigenvalue weighted by Gasteiger charge is -2.11. The molecule has 1 heterocycles. The van der Waals surface area contributed by atoms with Crippen LogP contribution in [0.25, 0.3) is 0 Å². The largest absolute Gasteiger partial charge is 0.327 e. The molecule has 1 rings (SSSR count). The SMILES string of the molecule is CCCCCCCCCC(N)Cc1ccc(CC)cn1. The molecule has 0 amide bonds. The standard InChI is InChI=1S/C18H32N2/c1-3-5-6-7-8-9-10-11-17(19)14-18-13-12-16(4-2)15-20-18/h12-13,15,17H,3-11,14,19H2,1-2H3. The maximum Gasteiger partial charge on any atom is 0.0419 e. The van der Waals surface area contributed by atoms with E-state index in [4.69, 9.17) is 5.73 Å². The summed E-state index contributed by atoms with van der Waals surface area (Å²) in [5.41, 5.74) is 8.64. The van der Waals surface area contributed by atoms with E-state index in [2.05, 4.69) is 31.0 Å². The monoisotopic (exact) mass is 276 g/mol.